The number of hydrogen-bond donors (Lipinski definition) is 3. The largest absolute Gasteiger partial charge is 0.331 e. The van der Waals surface area contributed by atoms with Crippen molar-refractivity contribution in [3.8, 4) is 0 Å². The van der Waals surface area contributed by atoms with Crippen molar-refractivity contribution in [1.82, 2.24) is 5.43 Å². The molecule has 0 aliphatic heterocycles. The molecule has 2 rings (SSSR count). The van der Waals surface area contributed by atoms with E-state index in [2.05, 4.69) is 16.2 Å². The maximum absolute atomic E-state index is 13.4. The number of thiocarbonyl (C=S) groups is 1. The lowest BCUT2D eigenvalue weighted by Crippen LogP contribution is -2.33. The van der Waals surface area contributed by atoms with Gasteiger partial charge in [0.05, 0.1) is 5.69 Å². The molecule has 0 amide bonds. The van der Waals surface area contributed by atoms with E-state index in [0.29, 0.717) is 5.02 Å². The highest BCUT2D eigenvalue weighted by Gasteiger charge is 2.06. The van der Waals surface area contributed by atoms with Gasteiger partial charge in [0.15, 0.2) is 10.9 Å². The fraction of sp³-hybridized carbons (Fsp3) is 0.0714. The lowest BCUT2D eigenvalue weighted by atomic mass is 10.2. The summed E-state index contributed by atoms with van der Waals surface area (Å²) in [5, 5.41) is 3.77. The minimum Gasteiger partial charge on any atom is -0.331 e. The molecule has 0 saturated carbocycles. The number of nitrogens with one attached hydrogen (secondary N) is 3. The van der Waals surface area contributed by atoms with Crippen LogP contribution in [0.5, 0.6) is 0 Å². The Morgan fingerprint density at radius 1 is 1.14 bits per heavy atom. The Morgan fingerprint density at radius 3 is 2.62 bits per heavy atom. The highest BCUT2D eigenvalue weighted by Crippen LogP contribution is 2.22. The van der Waals surface area contributed by atoms with Crippen molar-refractivity contribution in [3.63, 3.8) is 0 Å². The maximum Gasteiger partial charge on any atom is 0.189 e. The van der Waals surface area contributed by atoms with Gasteiger partial charge in [-0.2, -0.15) is 0 Å². The zero-order valence-corrected chi connectivity index (χ0v) is 12.6. The van der Waals surface area contributed by atoms with Gasteiger partial charge in [-0.15, -0.1) is 0 Å². The van der Waals surface area contributed by atoms with Gasteiger partial charge in [-0.1, -0.05) is 17.7 Å². The summed E-state index contributed by atoms with van der Waals surface area (Å²) in [6.07, 6.45) is 0. The second-order valence-corrected chi connectivity index (χ2v) is 5.06. The van der Waals surface area contributed by atoms with Crippen LogP contribution >= 0.6 is 23.8 Å². The monoisotopic (exact) mass is 327 g/mol. The van der Waals surface area contributed by atoms with Gasteiger partial charge in [-0.25, -0.2) is 8.78 Å². The van der Waals surface area contributed by atoms with E-state index in [1.807, 2.05) is 13.0 Å². The van der Waals surface area contributed by atoms with Crippen molar-refractivity contribution in [2.24, 2.45) is 0 Å². The molecular weight excluding hydrogens is 316 g/mol. The quantitative estimate of drug-likeness (QED) is 0.582. The first-order chi connectivity index (χ1) is 9.97. The van der Waals surface area contributed by atoms with Crippen LogP contribution in [0, 0.1) is 18.6 Å². The molecule has 0 saturated heterocycles. The van der Waals surface area contributed by atoms with E-state index in [1.54, 1.807) is 12.1 Å². The molecular formula is C14H12ClF2N3S. The highest BCUT2D eigenvalue weighted by molar-refractivity contribution is 7.80. The normalized spacial score (nSPS) is 10.1. The first-order valence-corrected chi connectivity index (χ1v) is 6.79. The van der Waals surface area contributed by atoms with Crippen LogP contribution in [0.1, 0.15) is 5.56 Å². The molecule has 3 nitrogen and oxygen atoms in total. The Hall–Kier alpha value is -1.92. The van der Waals surface area contributed by atoms with Crippen molar-refractivity contribution in [2.45, 2.75) is 6.92 Å². The summed E-state index contributed by atoms with van der Waals surface area (Å²) < 4.78 is 26.2. The standard InChI is InChI=1S/C14H12ClF2N3S/c1-8-10(15)3-2-4-12(8)18-14(21)20-19-13-6-5-9(16)7-11(13)17/h2-7,19H,1H3,(H2,18,20,21). The fourth-order valence-electron chi connectivity index (χ4n) is 1.61. The Morgan fingerprint density at radius 2 is 1.90 bits per heavy atom. The molecule has 110 valence electrons. The van der Waals surface area contributed by atoms with Crippen LogP contribution in [0.3, 0.4) is 0 Å². The molecule has 0 aromatic heterocycles. The van der Waals surface area contributed by atoms with Gasteiger partial charge in [0.25, 0.3) is 0 Å². The second-order valence-electron chi connectivity index (χ2n) is 4.24. The third-order valence-electron chi connectivity index (χ3n) is 2.76. The van der Waals surface area contributed by atoms with Gasteiger partial charge < -0.3 is 5.32 Å². The molecule has 21 heavy (non-hydrogen) atoms. The topological polar surface area (TPSA) is 36.1 Å². The number of anilines is 2. The minimum atomic E-state index is -0.718. The zero-order chi connectivity index (χ0) is 15.4. The van der Waals surface area contributed by atoms with Gasteiger partial charge in [-0.3, -0.25) is 10.9 Å². The Balaban J connectivity index is 1.97. The molecule has 3 N–H and O–H groups in total. The summed E-state index contributed by atoms with van der Waals surface area (Å²) in [5.74, 6) is -1.36. The molecule has 0 aliphatic rings. The third kappa shape index (κ3) is 4.03. The Kier molecular flexibility index (Phi) is 4.93. The zero-order valence-electron chi connectivity index (χ0n) is 11.0. The van der Waals surface area contributed by atoms with Crippen LogP contribution in [0.2, 0.25) is 5.02 Å². The van der Waals surface area contributed by atoms with Crippen LogP contribution in [0.15, 0.2) is 36.4 Å². The molecule has 0 atom stereocenters. The molecule has 0 radical (unpaired) electrons. The molecule has 2 aromatic carbocycles. The van der Waals surface area contributed by atoms with Crippen LogP contribution in [0.25, 0.3) is 0 Å². The van der Waals surface area contributed by atoms with Crippen molar-refractivity contribution >= 4 is 40.3 Å². The van der Waals surface area contributed by atoms with Gasteiger partial charge in [0, 0.05) is 16.8 Å². The summed E-state index contributed by atoms with van der Waals surface area (Å²) in [6.45, 7) is 1.85. The summed E-state index contributed by atoms with van der Waals surface area (Å²) in [7, 11) is 0. The van der Waals surface area contributed by atoms with E-state index in [9.17, 15) is 8.78 Å². The van der Waals surface area contributed by atoms with E-state index < -0.39 is 11.6 Å². The number of benzene rings is 2. The summed E-state index contributed by atoms with van der Waals surface area (Å²) in [5.41, 5.74) is 6.85. The van der Waals surface area contributed by atoms with E-state index in [1.165, 1.54) is 6.07 Å². The number of halogens is 3. The predicted octanol–water partition coefficient (Wildman–Crippen LogP) is 4.24. The van der Waals surface area contributed by atoms with Crippen LogP contribution in [0.4, 0.5) is 20.2 Å². The lowest BCUT2D eigenvalue weighted by molar-refractivity contribution is 0.585. The first kappa shape index (κ1) is 15.5. The van der Waals surface area contributed by atoms with Crippen molar-refractivity contribution in [1.29, 1.82) is 0 Å². The van der Waals surface area contributed by atoms with Gasteiger partial charge in [0.1, 0.15) is 5.82 Å². The summed E-state index contributed by atoms with van der Waals surface area (Å²) in [6, 6.07) is 8.56. The molecule has 7 heteroatoms. The lowest BCUT2D eigenvalue weighted by Gasteiger charge is -2.14. The SMILES string of the molecule is Cc1c(Cl)cccc1NC(=S)NNc1ccc(F)cc1F. The maximum atomic E-state index is 13.4. The second kappa shape index (κ2) is 6.69. The van der Waals surface area contributed by atoms with E-state index >= 15 is 0 Å². The van der Waals surface area contributed by atoms with E-state index in [4.69, 9.17) is 23.8 Å². The number of hydrogen-bond acceptors (Lipinski definition) is 2. The Labute approximate surface area is 131 Å². The van der Waals surface area contributed by atoms with Gasteiger partial charge >= 0.3 is 0 Å². The van der Waals surface area contributed by atoms with Crippen LogP contribution < -0.4 is 16.2 Å². The molecule has 0 unspecified atom stereocenters. The molecule has 0 heterocycles. The average Bonchev–Trinajstić information content (AvgIpc) is 2.43. The summed E-state index contributed by atoms with van der Waals surface area (Å²) >= 11 is 11.1. The van der Waals surface area contributed by atoms with E-state index in [0.717, 1.165) is 23.4 Å². The molecule has 0 spiro atoms. The Bertz CT molecular complexity index is 679. The third-order valence-corrected chi connectivity index (χ3v) is 3.37. The predicted molar refractivity (Wildman–Crippen MR) is 85.5 cm³/mol. The molecule has 2 aromatic rings. The minimum absolute atomic E-state index is 0.0865. The fourth-order valence-corrected chi connectivity index (χ4v) is 1.95. The molecule has 0 aliphatic carbocycles. The van der Waals surface area contributed by atoms with Crippen LogP contribution in [-0.4, -0.2) is 5.11 Å². The molecule has 0 bridgehead atoms. The number of rotatable bonds is 3. The smallest absolute Gasteiger partial charge is 0.189 e. The first-order valence-electron chi connectivity index (χ1n) is 6.00. The van der Waals surface area contributed by atoms with E-state index in [-0.39, 0.29) is 10.8 Å². The van der Waals surface area contributed by atoms with Crippen molar-refractivity contribution in [3.05, 3.63) is 58.6 Å². The molecule has 0 fully saturated rings. The van der Waals surface area contributed by atoms with Crippen molar-refractivity contribution < 1.29 is 8.78 Å². The number of hydrazine groups is 1. The van der Waals surface area contributed by atoms with Crippen LogP contribution in [-0.2, 0) is 0 Å². The average molecular weight is 328 g/mol. The van der Waals surface area contributed by atoms with Gasteiger partial charge in [-0.05, 0) is 49.0 Å². The highest BCUT2D eigenvalue weighted by atomic mass is 35.5. The van der Waals surface area contributed by atoms with Gasteiger partial charge in [0.2, 0.25) is 0 Å². The van der Waals surface area contributed by atoms with Crippen molar-refractivity contribution in [2.75, 3.05) is 10.7 Å². The summed E-state index contributed by atoms with van der Waals surface area (Å²) in [4.78, 5) is 0.